The Morgan fingerprint density at radius 1 is 1.00 bits per heavy atom. The number of ether oxygens (including phenoxy) is 2. The average molecular weight is 399 g/mol. The van der Waals surface area contributed by atoms with Crippen LogP contribution in [0, 0.1) is 0 Å². The van der Waals surface area contributed by atoms with E-state index in [4.69, 9.17) is 9.47 Å². The second-order valence-electron chi connectivity index (χ2n) is 7.03. The summed E-state index contributed by atoms with van der Waals surface area (Å²) in [6.45, 7) is 5.85. The molecule has 1 N–H and O–H groups in total. The summed E-state index contributed by atoms with van der Waals surface area (Å²) < 4.78 is 11.0. The first-order valence-electron chi connectivity index (χ1n) is 9.85. The Balaban J connectivity index is 2.20. The zero-order chi connectivity index (χ0) is 21.2. The molecule has 0 aliphatic carbocycles. The van der Waals surface area contributed by atoms with Crippen molar-refractivity contribution in [3.8, 4) is 11.5 Å². The molecule has 6 nitrogen and oxygen atoms in total. The highest BCUT2D eigenvalue weighted by Gasteiger charge is 2.29. The van der Waals surface area contributed by atoms with Gasteiger partial charge in [-0.15, -0.1) is 0 Å². The van der Waals surface area contributed by atoms with Crippen molar-refractivity contribution in [2.24, 2.45) is 0 Å². The molecule has 0 saturated carbocycles. The van der Waals surface area contributed by atoms with E-state index < -0.39 is 6.04 Å². The summed E-state index contributed by atoms with van der Waals surface area (Å²) in [5.41, 5.74) is 0.953. The highest BCUT2D eigenvalue weighted by atomic mass is 16.5. The third-order valence-electron chi connectivity index (χ3n) is 4.43. The molecule has 156 valence electrons. The molecule has 0 aromatic heterocycles. The first kappa shape index (κ1) is 22.3. The molecule has 0 fully saturated rings. The predicted molar refractivity (Wildman–Crippen MR) is 113 cm³/mol. The smallest absolute Gasteiger partial charge is 0.261 e. The van der Waals surface area contributed by atoms with E-state index in [2.05, 4.69) is 5.32 Å². The Kier molecular flexibility index (Phi) is 8.52. The average Bonchev–Trinajstić information content (AvgIpc) is 2.72. The summed E-state index contributed by atoms with van der Waals surface area (Å²) >= 11 is 0. The number of carbonyl (C=O) groups excluding carboxylic acids is 2. The van der Waals surface area contributed by atoms with Crippen molar-refractivity contribution >= 4 is 11.8 Å². The summed E-state index contributed by atoms with van der Waals surface area (Å²) in [7, 11) is 1.55. The van der Waals surface area contributed by atoms with Crippen LogP contribution in [0.1, 0.15) is 32.8 Å². The Morgan fingerprint density at radius 3 is 2.21 bits per heavy atom. The van der Waals surface area contributed by atoms with Gasteiger partial charge in [-0.25, -0.2) is 0 Å². The molecular weight excluding hydrogens is 368 g/mol. The zero-order valence-electron chi connectivity index (χ0n) is 17.6. The van der Waals surface area contributed by atoms with Crippen LogP contribution in [0.25, 0.3) is 0 Å². The molecule has 6 heteroatoms. The number of amides is 2. The van der Waals surface area contributed by atoms with Crippen molar-refractivity contribution in [1.82, 2.24) is 10.2 Å². The topological polar surface area (TPSA) is 67.9 Å². The van der Waals surface area contributed by atoms with Crippen molar-refractivity contribution in [3.63, 3.8) is 0 Å². The van der Waals surface area contributed by atoms with Crippen LogP contribution in [0.3, 0.4) is 0 Å². The molecule has 2 rings (SSSR count). The van der Waals surface area contributed by atoms with E-state index in [1.54, 1.807) is 24.1 Å². The quantitative estimate of drug-likeness (QED) is 0.666. The first-order valence-corrected chi connectivity index (χ1v) is 9.85. The van der Waals surface area contributed by atoms with Gasteiger partial charge in [0.15, 0.2) is 18.1 Å². The van der Waals surface area contributed by atoms with Gasteiger partial charge in [0.25, 0.3) is 5.91 Å². The van der Waals surface area contributed by atoms with Crippen LogP contribution in [0.4, 0.5) is 0 Å². The van der Waals surface area contributed by atoms with E-state index in [0.717, 1.165) is 5.56 Å². The predicted octanol–water partition coefficient (Wildman–Crippen LogP) is 3.41. The van der Waals surface area contributed by atoms with Gasteiger partial charge < -0.3 is 19.7 Å². The fourth-order valence-corrected chi connectivity index (χ4v) is 3.04. The van der Waals surface area contributed by atoms with E-state index in [9.17, 15) is 9.59 Å². The van der Waals surface area contributed by atoms with Gasteiger partial charge in [0.2, 0.25) is 5.91 Å². The summed E-state index contributed by atoms with van der Waals surface area (Å²) in [5, 5.41) is 2.91. The highest BCUT2D eigenvalue weighted by molar-refractivity contribution is 5.88. The molecule has 2 aromatic carbocycles. The zero-order valence-corrected chi connectivity index (χ0v) is 17.6. The fourth-order valence-electron chi connectivity index (χ4n) is 3.04. The van der Waals surface area contributed by atoms with E-state index >= 15 is 0 Å². The highest BCUT2D eigenvalue weighted by Crippen LogP contribution is 2.26. The molecule has 0 bridgehead atoms. The Bertz CT molecular complexity index is 792. The van der Waals surface area contributed by atoms with E-state index in [-0.39, 0.29) is 24.5 Å². The standard InChI is InChI=1S/C23H30N2O4/c1-5-19(23(27)24-17(2)3)25(15-18-11-7-6-8-12-18)22(26)16-29-21-14-10-9-13-20(21)28-4/h6-14,17,19H,5,15-16H2,1-4H3,(H,24,27)/t19-/m1/s1. The van der Waals surface area contributed by atoms with Crippen LogP contribution in [-0.4, -0.2) is 42.5 Å². The van der Waals surface area contributed by atoms with Crippen molar-refractivity contribution in [2.45, 2.75) is 45.8 Å². The van der Waals surface area contributed by atoms with Gasteiger partial charge in [0.1, 0.15) is 6.04 Å². The van der Waals surface area contributed by atoms with Crippen molar-refractivity contribution in [1.29, 1.82) is 0 Å². The third-order valence-corrected chi connectivity index (χ3v) is 4.43. The second-order valence-corrected chi connectivity index (χ2v) is 7.03. The second kappa shape index (κ2) is 11.1. The number of nitrogens with zero attached hydrogens (tertiary/aromatic N) is 1. The van der Waals surface area contributed by atoms with Crippen LogP contribution in [0.15, 0.2) is 54.6 Å². The fraction of sp³-hybridized carbons (Fsp3) is 0.391. The van der Waals surface area contributed by atoms with E-state index in [0.29, 0.717) is 24.5 Å². The molecule has 0 unspecified atom stereocenters. The molecular formula is C23H30N2O4. The van der Waals surface area contributed by atoms with Gasteiger partial charge in [-0.2, -0.15) is 0 Å². The molecule has 0 heterocycles. The Hall–Kier alpha value is -3.02. The number of benzene rings is 2. The van der Waals surface area contributed by atoms with Crippen LogP contribution in [-0.2, 0) is 16.1 Å². The minimum atomic E-state index is -0.577. The Labute approximate surface area is 172 Å². The van der Waals surface area contributed by atoms with Crippen LogP contribution >= 0.6 is 0 Å². The summed E-state index contributed by atoms with van der Waals surface area (Å²) in [6, 6.07) is 16.2. The van der Waals surface area contributed by atoms with E-state index in [1.807, 2.05) is 63.2 Å². The normalized spacial score (nSPS) is 11.6. The molecule has 2 amide bonds. The minimum Gasteiger partial charge on any atom is -0.493 e. The number of hydrogen-bond donors (Lipinski definition) is 1. The molecule has 0 radical (unpaired) electrons. The van der Waals surface area contributed by atoms with Crippen LogP contribution < -0.4 is 14.8 Å². The minimum absolute atomic E-state index is 0.00458. The van der Waals surface area contributed by atoms with Crippen LogP contribution in [0.5, 0.6) is 11.5 Å². The van der Waals surface area contributed by atoms with Crippen LogP contribution in [0.2, 0.25) is 0 Å². The van der Waals surface area contributed by atoms with Crippen molar-refractivity contribution < 1.29 is 19.1 Å². The van der Waals surface area contributed by atoms with Gasteiger partial charge in [0, 0.05) is 12.6 Å². The summed E-state index contributed by atoms with van der Waals surface area (Å²) in [4.78, 5) is 27.4. The van der Waals surface area contributed by atoms with Gasteiger partial charge in [0.05, 0.1) is 7.11 Å². The number of methoxy groups -OCH3 is 1. The van der Waals surface area contributed by atoms with Gasteiger partial charge in [-0.05, 0) is 38.0 Å². The number of nitrogens with one attached hydrogen (secondary N) is 1. The molecule has 2 aromatic rings. The lowest BCUT2D eigenvalue weighted by Gasteiger charge is -2.31. The maximum absolute atomic E-state index is 13.1. The number of rotatable bonds is 10. The van der Waals surface area contributed by atoms with Gasteiger partial charge >= 0.3 is 0 Å². The maximum atomic E-state index is 13.1. The summed E-state index contributed by atoms with van der Waals surface area (Å²) in [5.74, 6) is 0.622. The van der Waals surface area contributed by atoms with Gasteiger partial charge in [-0.1, -0.05) is 49.4 Å². The first-order chi connectivity index (χ1) is 14.0. The van der Waals surface area contributed by atoms with Crippen molar-refractivity contribution in [3.05, 3.63) is 60.2 Å². The lowest BCUT2D eigenvalue weighted by atomic mass is 10.1. The SMILES string of the molecule is CC[C@H](C(=O)NC(C)C)N(Cc1ccccc1)C(=O)COc1ccccc1OC. The lowest BCUT2D eigenvalue weighted by molar-refractivity contribution is -0.143. The van der Waals surface area contributed by atoms with Gasteiger partial charge in [-0.3, -0.25) is 9.59 Å². The lowest BCUT2D eigenvalue weighted by Crippen LogP contribution is -2.51. The van der Waals surface area contributed by atoms with E-state index in [1.165, 1.54) is 0 Å². The van der Waals surface area contributed by atoms with Crippen molar-refractivity contribution in [2.75, 3.05) is 13.7 Å². The third kappa shape index (κ3) is 6.52. The molecule has 0 aliphatic rings. The Morgan fingerprint density at radius 2 is 1.62 bits per heavy atom. The molecule has 29 heavy (non-hydrogen) atoms. The summed E-state index contributed by atoms with van der Waals surface area (Å²) in [6.07, 6.45) is 0.506. The molecule has 1 atom stereocenters. The molecule has 0 spiro atoms. The largest absolute Gasteiger partial charge is 0.493 e. The molecule has 0 aliphatic heterocycles. The number of carbonyl (C=O) groups is 2. The number of para-hydroxylation sites is 2. The molecule has 0 saturated heterocycles. The monoisotopic (exact) mass is 398 g/mol. The number of hydrogen-bond acceptors (Lipinski definition) is 4. The maximum Gasteiger partial charge on any atom is 0.261 e.